The van der Waals surface area contributed by atoms with Gasteiger partial charge in [-0.3, -0.25) is 4.98 Å². The molecule has 90 valence electrons. The number of fused-ring (bicyclic) bond motifs is 1. The highest BCUT2D eigenvalue weighted by Gasteiger charge is 2.25. The maximum Gasteiger partial charge on any atom is 0.0702 e. The summed E-state index contributed by atoms with van der Waals surface area (Å²) in [6, 6.07) is 10.4. The average Bonchev–Trinajstić information content (AvgIpc) is 2.37. The topological polar surface area (TPSA) is 38.9 Å². The van der Waals surface area contributed by atoms with E-state index in [9.17, 15) is 0 Å². The highest BCUT2D eigenvalue weighted by molar-refractivity contribution is 5.79. The molecular weight excluding hydrogens is 208 g/mol. The number of hydrogen-bond donors (Lipinski definition) is 1. The van der Waals surface area contributed by atoms with Crippen LogP contribution >= 0.6 is 0 Å². The second-order valence-corrected chi connectivity index (χ2v) is 5.28. The van der Waals surface area contributed by atoms with Gasteiger partial charge in [0.2, 0.25) is 0 Å². The third kappa shape index (κ3) is 2.32. The first-order valence-corrected chi connectivity index (χ1v) is 6.15. The van der Waals surface area contributed by atoms with Gasteiger partial charge in [0.25, 0.3) is 0 Å². The molecule has 1 aromatic heterocycles. The van der Waals surface area contributed by atoms with Crippen molar-refractivity contribution in [3.05, 3.63) is 42.1 Å². The summed E-state index contributed by atoms with van der Waals surface area (Å²) < 4.78 is 0. The Morgan fingerprint density at radius 1 is 1.29 bits per heavy atom. The molecule has 2 rings (SSSR count). The summed E-state index contributed by atoms with van der Waals surface area (Å²) in [6.07, 6.45) is 2.89. The van der Waals surface area contributed by atoms with Crippen LogP contribution in [0.25, 0.3) is 10.9 Å². The van der Waals surface area contributed by atoms with Gasteiger partial charge in [-0.05, 0) is 35.6 Å². The van der Waals surface area contributed by atoms with Gasteiger partial charge in [-0.2, -0.15) is 0 Å². The lowest BCUT2D eigenvalue weighted by Gasteiger charge is -2.30. The standard InChI is InChI=1S/C15H20N2/c1-4-15(2,3)14(16)12-7-8-13-11(10-12)6-5-9-17-13/h5-10,14H,4,16H2,1-3H3. The molecule has 0 aliphatic heterocycles. The van der Waals surface area contributed by atoms with Crippen molar-refractivity contribution >= 4 is 10.9 Å². The molecule has 2 aromatic rings. The van der Waals surface area contributed by atoms with Crippen LogP contribution in [-0.2, 0) is 0 Å². The summed E-state index contributed by atoms with van der Waals surface area (Å²) in [4.78, 5) is 4.32. The number of aromatic nitrogens is 1. The summed E-state index contributed by atoms with van der Waals surface area (Å²) in [5, 5.41) is 1.16. The number of nitrogens with zero attached hydrogens (tertiary/aromatic N) is 1. The van der Waals surface area contributed by atoms with Gasteiger partial charge < -0.3 is 5.73 Å². The van der Waals surface area contributed by atoms with E-state index in [1.54, 1.807) is 0 Å². The molecule has 0 spiro atoms. The first kappa shape index (κ1) is 12.1. The van der Waals surface area contributed by atoms with Gasteiger partial charge >= 0.3 is 0 Å². The van der Waals surface area contributed by atoms with E-state index in [-0.39, 0.29) is 11.5 Å². The molecule has 0 fully saturated rings. The lowest BCUT2D eigenvalue weighted by atomic mass is 9.79. The van der Waals surface area contributed by atoms with Gasteiger partial charge in [-0.1, -0.05) is 32.9 Å². The minimum absolute atomic E-state index is 0.0668. The maximum atomic E-state index is 6.35. The van der Waals surface area contributed by atoms with Crippen LogP contribution in [0.1, 0.15) is 38.8 Å². The minimum Gasteiger partial charge on any atom is -0.324 e. The summed E-state index contributed by atoms with van der Waals surface area (Å²) in [6.45, 7) is 6.61. The fraction of sp³-hybridized carbons (Fsp3) is 0.400. The normalized spacial score (nSPS) is 13.9. The second kappa shape index (κ2) is 4.46. The summed E-state index contributed by atoms with van der Waals surface area (Å²) in [7, 11) is 0. The Balaban J connectivity index is 2.43. The summed E-state index contributed by atoms with van der Waals surface area (Å²) in [5.41, 5.74) is 8.69. The van der Waals surface area contributed by atoms with E-state index in [1.165, 1.54) is 5.56 Å². The third-order valence-electron chi connectivity index (χ3n) is 3.74. The first-order valence-electron chi connectivity index (χ1n) is 6.15. The zero-order valence-electron chi connectivity index (χ0n) is 10.8. The van der Waals surface area contributed by atoms with E-state index in [0.717, 1.165) is 17.3 Å². The Morgan fingerprint density at radius 3 is 2.76 bits per heavy atom. The molecule has 17 heavy (non-hydrogen) atoms. The van der Waals surface area contributed by atoms with Crippen molar-refractivity contribution in [1.82, 2.24) is 4.98 Å². The van der Waals surface area contributed by atoms with Crippen molar-refractivity contribution in [2.24, 2.45) is 11.1 Å². The van der Waals surface area contributed by atoms with Crippen molar-refractivity contribution in [3.8, 4) is 0 Å². The fourth-order valence-corrected chi connectivity index (χ4v) is 1.96. The molecule has 0 aliphatic carbocycles. The van der Waals surface area contributed by atoms with E-state index in [4.69, 9.17) is 5.73 Å². The van der Waals surface area contributed by atoms with Crippen molar-refractivity contribution in [3.63, 3.8) is 0 Å². The molecule has 2 nitrogen and oxygen atoms in total. The molecule has 0 saturated heterocycles. The third-order valence-corrected chi connectivity index (χ3v) is 3.74. The molecule has 1 heterocycles. The monoisotopic (exact) mass is 228 g/mol. The molecule has 0 saturated carbocycles. The highest BCUT2D eigenvalue weighted by Crippen LogP contribution is 2.34. The molecule has 2 heteroatoms. The minimum atomic E-state index is 0.0668. The Morgan fingerprint density at radius 2 is 2.06 bits per heavy atom. The zero-order chi connectivity index (χ0) is 12.5. The van der Waals surface area contributed by atoms with E-state index >= 15 is 0 Å². The largest absolute Gasteiger partial charge is 0.324 e. The van der Waals surface area contributed by atoms with E-state index in [1.807, 2.05) is 12.3 Å². The van der Waals surface area contributed by atoms with Crippen LogP contribution in [0.3, 0.4) is 0 Å². The molecule has 0 aliphatic rings. The van der Waals surface area contributed by atoms with Gasteiger partial charge in [-0.15, -0.1) is 0 Å². The Hall–Kier alpha value is -1.41. The number of benzene rings is 1. The lowest BCUT2D eigenvalue weighted by molar-refractivity contribution is 0.278. The molecule has 1 atom stereocenters. The van der Waals surface area contributed by atoms with E-state index in [2.05, 4.69) is 50.0 Å². The smallest absolute Gasteiger partial charge is 0.0702 e. The summed E-state index contributed by atoms with van der Waals surface area (Å²) >= 11 is 0. The SMILES string of the molecule is CCC(C)(C)C(N)c1ccc2ncccc2c1. The van der Waals surface area contributed by atoms with Crippen LogP contribution in [0.5, 0.6) is 0 Å². The van der Waals surface area contributed by atoms with Crippen LogP contribution < -0.4 is 5.73 Å². The molecule has 0 amide bonds. The van der Waals surface area contributed by atoms with Gasteiger partial charge in [0, 0.05) is 17.6 Å². The van der Waals surface area contributed by atoms with Crippen molar-refractivity contribution in [2.75, 3.05) is 0 Å². The number of hydrogen-bond acceptors (Lipinski definition) is 2. The summed E-state index contributed by atoms with van der Waals surface area (Å²) in [5.74, 6) is 0. The van der Waals surface area contributed by atoms with Crippen LogP contribution in [-0.4, -0.2) is 4.98 Å². The van der Waals surface area contributed by atoms with Gasteiger partial charge in [0.05, 0.1) is 5.52 Å². The van der Waals surface area contributed by atoms with E-state index < -0.39 is 0 Å². The number of pyridine rings is 1. The van der Waals surface area contributed by atoms with Gasteiger partial charge in [0.1, 0.15) is 0 Å². The molecule has 0 bridgehead atoms. The number of rotatable bonds is 3. The van der Waals surface area contributed by atoms with Crippen LogP contribution in [0.2, 0.25) is 0 Å². The molecule has 1 unspecified atom stereocenters. The maximum absolute atomic E-state index is 6.35. The Kier molecular flexibility index (Phi) is 3.16. The first-order chi connectivity index (χ1) is 8.04. The van der Waals surface area contributed by atoms with Crippen LogP contribution in [0.4, 0.5) is 0 Å². The molecule has 1 aromatic carbocycles. The van der Waals surface area contributed by atoms with E-state index in [0.29, 0.717) is 0 Å². The van der Waals surface area contributed by atoms with Crippen molar-refractivity contribution in [1.29, 1.82) is 0 Å². The Labute approximate surface area is 103 Å². The molecule has 0 radical (unpaired) electrons. The highest BCUT2D eigenvalue weighted by atomic mass is 14.7. The van der Waals surface area contributed by atoms with Gasteiger partial charge in [0.15, 0.2) is 0 Å². The average molecular weight is 228 g/mol. The Bertz CT molecular complexity index is 517. The van der Waals surface area contributed by atoms with Crippen LogP contribution in [0.15, 0.2) is 36.5 Å². The predicted octanol–water partition coefficient (Wildman–Crippen LogP) is 3.67. The van der Waals surface area contributed by atoms with Crippen molar-refractivity contribution in [2.45, 2.75) is 33.2 Å². The van der Waals surface area contributed by atoms with Gasteiger partial charge in [-0.25, -0.2) is 0 Å². The lowest BCUT2D eigenvalue weighted by Crippen LogP contribution is -2.28. The fourth-order valence-electron chi connectivity index (χ4n) is 1.96. The number of nitrogens with two attached hydrogens (primary N) is 1. The molecule has 2 N–H and O–H groups in total. The molecular formula is C15H20N2. The van der Waals surface area contributed by atoms with Crippen molar-refractivity contribution < 1.29 is 0 Å². The van der Waals surface area contributed by atoms with Crippen LogP contribution in [0, 0.1) is 5.41 Å². The zero-order valence-corrected chi connectivity index (χ0v) is 10.8. The second-order valence-electron chi connectivity index (χ2n) is 5.28. The quantitative estimate of drug-likeness (QED) is 0.870. The predicted molar refractivity (Wildman–Crippen MR) is 72.7 cm³/mol.